The minimum absolute atomic E-state index is 0.120. The first-order chi connectivity index (χ1) is 11.2. The molecule has 0 radical (unpaired) electrons. The number of allylic oxidation sites excluding steroid dienone is 3. The lowest BCUT2D eigenvalue weighted by molar-refractivity contribution is -0.118. The van der Waals surface area contributed by atoms with Gasteiger partial charge in [0.15, 0.2) is 17.3 Å². The van der Waals surface area contributed by atoms with Gasteiger partial charge in [-0.05, 0) is 43.0 Å². The number of hydrogen-bond acceptors (Lipinski definition) is 4. The van der Waals surface area contributed by atoms with Gasteiger partial charge in [-0.25, -0.2) is 0 Å². The molecular formula is C19H24O4. The zero-order chi connectivity index (χ0) is 16.5. The molecule has 0 saturated carbocycles. The third kappa shape index (κ3) is 5.25. The minimum atomic E-state index is 0.120. The van der Waals surface area contributed by atoms with Crippen molar-refractivity contribution in [3.63, 3.8) is 0 Å². The van der Waals surface area contributed by atoms with E-state index in [1.165, 1.54) is 0 Å². The van der Waals surface area contributed by atoms with Crippen LogP contribution < -0.4 is 9.47 Å². The second kappa shape index (κ2) is 9.16. The Hall–Kier alpha value is -2.07. The topological polar surface area (TPSA) is 44.8 Å². The molecule has 0 saturated heterocycles. The third-order valence-electron chi connectivity index (χ3n) is 3.83. The SMILES string of the molecule is COCCOc1ccc(/C=C/CC2CCC=CC2=O)cc1OC. The molecular weight excluding hydrogens is 292 g/mol. The smallest absolute Gasteiger partial charge is 0.161 e. The number of methoxy groups -OCH3 is 2. The van der Waals surface area contributed by atoms with Crippen LogP contribution in [0.5, 0.6) is 11.5 Å². The van der Waals surface area contributed by atoms with Gasteiger partial charge in [0.25, 0.3) is 0 Å². The summed E-state index contributed by atoms with van der Waals surface area (Å²) in [5.41, 5.74) is 1.03. The Morgan fingerprint density at radius 2 is 2.09 bits per heavy atom. The molecule has 0 aromatic heterocycles. The summed E-state index contributed by atoms with van der Waals surface area (Å²) in [7, 11) is 3.26. The molecule has 0 amide bonds. The van der Waals surface area contributed by atoms with Gasteiger partial charge < -0.3 is 14.2 Å². The van der Waals surface area contributed by atoms with E-state index in [2.05, 4.69) is 6.08 Å². The predicted molar refractivity (Wildman–Crippen MR) is 90.9 cm³/mol. The third-order valence-corrected chi connectivity index (χ3v) is 3.83. The fourth-order valence-electron chi connectivity index (χ4n) is 2.52. The van der Waals surface area contributed by atoms with E-state index >= 15 is 0 Å². The van der Waals surface area contributed by atoms with E-state index < -0.39 is 0 Å². The summed E-state index contributed by atoms with van der Waals surface area (Å²) < 4.78 is 15.9. The molecule has 124 valence electrons. The van der Waals surface area contributed by atoms with Crippen molar-refractivity contribution in [2.24, 2.45) is 5.92 Å². The fraction of sp³-hybridized carbons (Fsp3) is 0.421. The molecule has 0 spiro atoms. The molecule has 0 heterocycles. The van der Waals surface area contributed by atoms with Gasteiger partial charge in [0.2, 0.25) is 0 Å². The van der Waals surface area contributed by atoms with Gasteiger partial charge in [-0.15, -0.1) is 0 Å². The average molecular weight is 316 g/mol. The molecule has 1 unspecified atom stereocenters. The van der Waals surface area contributed by atoms with Crippen molar-refractivity contribution in [2.75, 3.05) is 27.4 Å². The van der Waals surface area contributed by atoms with Gasteiger partial charge in [-0.3, -0.25) is 4.79 Å². The van der Waals surface area contributed by atoms with Crippen molar-refractivity contribution in [1.29, 1.82) is 0 Å². The van der Waals surface area contributed by atoms with E-state index in [1.54, 1.807) is 20.3 Å². The van der Waals surface area contributed by atoms with Crippen LogP contribution in [0.15, 0.2) is 36.4 Å². The van der Waals surface area contributed by atoms with Crippen molar-refractivity contribution >= 4 is 11.9 Å². The maximum absolute atomic E-state index is 11.7. The van der Waals surface area contributed by atoms with Crippen LogP contribution in [-0.4, -0.2) is 33.2 Å². The van der Waals surface area contributed by atoms with Gasteiger partial charge in [0.05, 0.1) is 13.7 Å². The summed E-state index contributed by atoms with van der Waals surface area (Å²) in [5.74, 6) is 1.75. The van der Waals surface area contributed by atoms with Gasteiger partial charge >= 0.3 is 0 Å². The van der Waals surface area contributed by atoms with Crippen molar-refractivity contribution < 1.29 is 19.0 Å². The van der Waals surface area contributed by atoms with Crippen LogP contribution in [0.25, 0.3) is 6.08 Å². The Bertz CT molecular complexity index is 575. The van der Waals surface area contributed by atoms with Crippen molar-refractivity contribution in [1.82, 2.24) is 0 Å². The fourth-order valence-corrected chi connectivity index (χ4v) is 2.52. The minimum Gasteiger partial charge on any atom is -0.493 e. The van der Waals surface area contributed by atoms with E-state index in [0.717, 1.165) is 24.8 Å². The second-order valence-corrected chi connectivity index (χ2v) is 5.47. The molecule has 4 nitrogen and oxygen atoms in total. The molecule has 1 aromatic rings. The van der Waals surface area contributed by atoms with Crippen molar-refractivity contribution in [2.45, 2.75) is 19.3 Å². The average Bonchev–Trinajstić information content (AvgIpc) is 2.57. The maximum Gasteiger partial charge on any atom is 0.161 e. The largest absolute Gasteiger partial charge is 0.493 e. The van der Waals surface area contributed by atoms with E-state index in [9.17, 15) is 4.79 Å². The van der Waals surface area contributed by atoms with Crippen molar-refractivity contribution in [3.8, 4) is 11.5 Å². The first kappa shape index (κ1) is 17.3. The Morgan fingerprint density at radius 3 is 2.83 bits per heavy atom. The normalized spacial score (nSPS) is 17.7. The standard InChI is InChI=1S/C19H24O4/c1-21-12-13-23-18-11-10-15(14-19(18)22-2)6-5-8-16-7-3-4-9-17(16)20/h4-6,9-11,14,16H,3,7-8,12-13H2,1-2H3/b6-5+. The number of rotatable bonds is 8. The summed E-state index contributed by atoms with van der Waals surface area (Å²) >= 11 is 0. The van der Waals surface area contributed by atoms with Gasteiger partial charge in [0, 0.05) is 13.0 Å². The molecule has 1 aromatic carbocycles. The number of benzene rings is 1. The zero-order valence-electron chi connectivity index (χ0n) is 13.8. The second-order valence-electron chi connectivity index (χ2n) is 5.47. The highest BCUT2D eigenvalue weighted by Crippen LogP contribution is 2.29. The molecule has 4 heteroatoms. The Labute approximate surface area is 137 Å². The summed E-state index contributed by atoms with van der Waals surface area (Å²) in [6, 6.07) is 5.80. The van der Waals surface area contributed by atoms with Crippen LogP contribution in [0, 0.1) is 5.92 Å². The van der Waals surface area contributed by atoms with Crippen LogP contribution >= 0.6 is 0 Å². The monoisotopic (exact) mass is 316 g/mol. The Kier molecular flexibility index (Phi) is 6.88. The highest BCUT2D eigenvalue weighted by molar-refractivity contribution is 5.92. The van der Waals surface area contributed by atoms with Gasteiger partial charge in [-0.2, -0.15) is 0 Å². The lowest BCUT2D eigenvalue weighted by Crippen LogP contribution is -2.13. The van der Waals surface area contributed by atoms with Crippen LogP contribution in [-0.2, 0) is 9.53 Å². The van der Waals surface area contributed by atoms with E-state index in [-0.39, 0.29) is 11.7 Å². The number of carbonyl (C=O) groups excluding carboxylic acids is 1. The maximum atomic E-state index is 11.7. The number of hydrogen-bond donors (Lipinski definition) is 0. The lowest BCUT2D eigenvalue weighted by atomic mass is 9.90. The Morgan fingerprint density at radius 1 is 1.22 bits per heavy atom. The number of ketones is 1. The summed E-state index contributed by atoms with van der Waals surface area (Å²) in [6.07, 6.45) is 10.4. The van der Waals surface area contributed by atoms with E-state index in [4.69, 9.17) is 14.2 Å². The Balaban J connectivity index is 1.95. The van der Waals surface area contributed by atoms with Crippen LogP contribution in [0.4, 0.5) is 0 Å². The molecule has 0 N–H and O–H groups in total. The molecule has 1 aliphatic rings. The quantitative estimate of drug-likeness (QED) is 0.687. The van der Waals surface area contributed by atoms with Crippen LogP contribution in [0.2, 0.25) is 0 Å². The molecule has 1 atom stereocenters. The molecule has 0 aliphatic heterocycles. The molecule has 2 rings (SSSR count). The van der Waals surface area contributed by atoms with Gasteiger partial charge in [-0.1, -0.05) is 24.3 Å². The molecule has 0 bridgehead atoms. The number of ether oxygens (including phenoxy) is 3. The van der Waals surface area contributed by atoms with Crippen LogP contribution in [0.1, 0.15) is 24.8 Å². The van der Waals surface area contributed by atoms with E-state index in [0.29, 0.717) is 24.7 Å². The molecule has 23 heavy (non-hydrogen) atoms. The molecule has 1 aliphatic carbocycles. The summed E-state index contributed by atoms with van der Waals surface area (Å²) in [6.45, 7) is 1.02. The number of carbonyl (C=O) groups is 1. The van der Waals surface area contributed by atoms with E-state index in [1.807, 2.05) is 30.4 Å². The van der Waals surface area contributed by atoms with Crippen molar-refractivity contribution in [3.05, 3.63) is 42.0 Å². The first-order valence-electron chi connectivity index (χ1n) is 7.91. The summed E-state index contributed by atoms with van der Waals surface area (Å²) in [5, 5.41) is 0. The lowest BCUT2D eigenvalue weighted by Gasteiger charge is -2.14. The first-order valence-corrected chi connectivity index (χ1v) is 7.91. The zero-order valence-corrected chi connectivity index (χ0v) is 13.8. The van der Waals surface area contributed by atoms with Crippen LogP contribution in [0.3, 0.4) is 0 Å². The predicted octanol–water partition coefficient (Wildman–Crippen LogP) is 3.66. The highest BCUT2D eigenvalue weighted by atomic mass is 16.5. The summed E-state index contributed by atoms with van der Waals surface area (Å²) in [4.78, 5) is 11.7. The van der Waals surface area contributed by atoms with Gasteiger partial charge in [0.1, 0.15) is 6.61 Å². The highest BCUT2D eigenvalue weighted by Gasteiger charge is 2.16. The molecule has 0 fully saturated rings.